The molecule has 0 aromatic heterocycles. The number of carbonyl (C=O) groups is 4. The van der Waals surface area contributed by atoms with Crippen LogP contribution in [0.4, 0.5) is 0 Å². The van der Waals surface area contributed by atoms with Crippen LogP contribution in [-0.4, -0.2) is 184 Å². The first-order valence-corrected chi connectivity index (χ1v) is 22.8. The number of aliphatic carboxylic acids is 1. The number of carboxylic acids is 1. The van der Waals surface area contributed by atoms with Gasteiger partial charge in [0.15, 0.2) is 33.4 Å². The highest BCUT2D eigenvalue weighted by Crippen LogP contribution is 2.22. The summed E-state index contributed by atoms with van der Waals surface area (Å²) in [5.74, 6) is -3.77. The Morgan fingerprint density at radius 3 is 1.07 bits per heavy atom. The number of thioether (sulfide) groups is 2. The molecule has 2 N–H and O–H groups in total. The van der Waals surface area contributed by atoms with Gasteiger partial charge in [-0.1, -0.05) is 23.5 Å². The van der Waals surface area contributed by atoms with Crippen molar-refractivity contribution in [2.75, 3.05) is 91.8 Å². The van der Waals surface area contributed by atoms with Gasteiger partial charge in [0, 0.05) is 12.8 Å². The Kier molecular flexibility index (Phi) is 25.3. The Morgan fingerprint density at radius 2 is 0.787 bits per heavy atom. The fourth-order valence-electron chi connectivity index (χ4n) is 5.10. The summed E-state index contributed by atoms with van der Waals surface area (Å²) in [6, 6.07) is 0. The van der Waals surface area contributed by atoms with Gasteiger partial charge >= 0.3 is 11.9 Å². The van der Waals surface area contributed by atoms with E-state index in [1.54, 1.807) is 12.5 Å². The second-order valence-corrected chi connectivity index (χ2v) is 17.9. The first-order chi connectivity index (χ1) is 28.5. The molecule has 0 aromatic rings. The Labute approximate surface area is 368 Å². The van der Waals surface area contributed by atoms with Crippen LogP contribution in [0.25, 0.3) is 0 Å². The number of aliphatic hydroxyl groups is 1. The third-order valence-electron chi connectivity index (χ3n) is 8.85. The zero-order chi connectivity index (χ0) is 45.7. The number of hydrogen-bond donors (Lipinski definition) is 2. The van der Waals surface area contributed by atoms with E-state index < -0.39 is 47.3 Å². The predicted molar refractivity (Wildman–Crippen MR) is 222 cm³/mol. The summed E-state index contributed by atoms with van der Waals surface area (Å²) in [6.45, 7) is 18.8. The van der Waals surface area contributed by atoms with Crippen molar-refractivity contribution in [3.05, 3.63) is 0 Å². The first-order valence-electron chi connectivity index (χ1n) is 20.3. The van der Waals surface area contributed by atoms with Gasteiger partial charge in [0.2, 0.25) is 0 Å². The number of esters is 1. The molecule has 0 atom stereocenters. The largest absolute Gasteiger partial charge is 0.481 e. The van der Waals surface area contributed by atoms with Crippen molar-refractivity contribution in [1.82, 2.24) is 0 Å². The highest BCUT2D eigenvalue weighted by atomic mass is 32.2. The molecule has 0 aromatic carbocycles. The Morgan fingerprint density at radius 1 is 0.508 bits per heavy atom. The number of carbonyl (C=O) groups excluding carboxylic acids is 3. The van der Waals surface area contributed by atoms with E-state index in [1.165, 1.54) is 0 Å². The second kappa shape index (κ2) is 27.7. The van der Waals surface area contributed by atoms with Crippen LogP contribution in [0.15, 0.2) is 0 Å². The predicted octanol–water partition coefficient (Wildman–Crippen LogP) is 3.33. The van der Waals surface area contributed by atoms with Crippen LogP contribution in [0.3, 0.4) is 0 Å². The van der Waals surface area contributed by atoms with E-state index in [4.69, 9.17) is 66.7 Å². The standard InChI is InChI=1S/C20H34O9S.C15H28O7.C5H8O3S/c1-19(2)25-10-14(11-26-19)23-8-16(29-17(21)6-7-18(22)30-5)9-24-15-12-27-20(3,4)28-13-15;1-14(2)19-7-12(8-20-14)17-5-11(16)6-18-13-9-21-15(3,4)22-10-13;1-9-5(8)3-2-4(6)7/h14-16H,6-13H2,1-5H3;11-13,16H,5-10H2,1-4H3;2-3H2,1H3,(H,6,7). The molecule has 19 nitrogen and oxygen atoms in total. The van der Waals surface area contributed by atoms with E-state index in [0.29, 0.717) is 52.9 Å². The lowest BCUT2D eigenvalue weighted by atomic mass is 10.3. The number of hydrogen-bond acceptors (Lipinski definition) is 20. The zero-order valence-electron chi connectivity index (χ0n) is 37.4. The lowest BCUT2D eigenvalue weighted by molar-refractivity contribution is -0.286. The van der Waals surface area contributed by atoms with Crippen molar-refractivity contribution in [3.63, 3.8) is 0 Å². The van der Waals surface area contributed by atoms with Gasteiger partial charge in [0.25, 0.3) is 0 Å². The van der Waals surface area contributed by atoms with Gasteiger partial charge in [0.05, 0.1) is 92.1 Å². The van der Waals surface area contributed by atoms with Crippen LogP contribution in [0.1, 0.15) is 81.1 Å². The molecule has 4 aliphatic heterocycles. The average Bonchev–Trinajstić information content (AvgIpc) is 3.20. The summed E-state index contributed by atoms with van der Waals surface area (Å²) < 4.78 is 72.6. The van der Waals surface area contributed by atoms with E-state index in [0.717, 1.165) is 23.5 Å². The van der Waals surface area contributed by atoms with Crippen LogP contribution >= 0.6 is 23.5 Å². The quantitative estimate of drug-likeness (QED) is 0.177. The van der Waals surface area contributed by atoms with Gasteiger partial charge in [-0.15, -0.1) is 0 Å². The number of aliphatic hydroxyl groups excluding tert-OH is 1. The lowest BCUT2D eigenvalue weighted by Crippen LogP contribution is -2.45. The maximum Gasteiger partial charge on any atom is 0.306 e. The summed E-state index contributed by atoms with van der Waals surface area (Å²) in [5.41, 5.74) is 0. The molecule has 61 heavy (non-hydrogen) atoms. The minimum Gasteiger partial charge on any atom is -0.481 e. The van der Waals surface area contributed by atoms with Gasteiger partial charge in [-0.3, -0.25) is 19.2 Å². The average molecular weight is 919 g/mol. The third kappa shape index (κ3) is 26.1. The van der Waals surface area contributed by atoms with Gasteiger partial charge in [-0.25, -0.2) is 0 Å². The molecule has 4 fully saturated rings. The summed E-state index contributed by atoms with van der Waals surface area (Å²) in [5, 5.41) is 17.9. The fourth-order valence-corrected chi connectivity index (χ4v) is 5.71. The third-order valence-corrected chi connectivity index (χ3v) is 10.2. The minimum atomic E-state index is -0.919. The molecule has 0 unspecified atom stereocenters. The summed E-state index contributed by atoms with van der Waals surface area (Å²) >= 11 is 2.16. The van der Waals surface area contributed by atoms with Crippen LogP contribution in [0.5, 0.6) is 0 Å². The Bertz CT molecular complexity index is 1210. The molecule has 4 heterocycles. The van der Waals surface area contributed by atoms with Gasteiger partial charge < -0.3 is 71.8 Å². The molecule has 0 aliphatic carbocycles. The number of carboxylic acid groups (broad SMARTS) is 1. The molecule has 21 heteroatoms. The Hall–Kier alpha value is -1.54. The van der Waals surface area contributed by atoms with E-state index in [1.807, 2.05) is 55.4 Å². The smallest absolute Gasteiger partial charge is 0.306 e. The zero-order valence-corrected chi connectivity index (χ0v) is 39.1. The Balaban J connectivity index is 0.000000360. The molecule has 0 amide bonds. The summed E-state index contributed by atoms with van der Waals surface area (Å²) in [6.07, 6.45) is 1.37. The van der Waals surface area contributed by atoms with E-state index in [9.17, 15) is 24.3 Å². The molecule has 4 aliphatic rings. The monoisotopic (exact) mass is 918 g/mol. The molecular formula is C40H70O19S2. The summed E-state index contributed by atoms with van der Waals surface area (Å²) in [7, 11) is 0. The normalized spacial score (nSPS) is 21.8. The highest BCUT2D eigenvalue weighted by Gasteiger charge is 2.33. The lowest BCUT2D eigenvalue weighted by Gasteiger charge is -2.36. The van der Waals surface area contributed by atoms with Crippen molar-refractivity contribution in [2.24, 2.45) is 0 Å². The molecule has 0 spiro atoms. The molecule has 0 bridgehead atoms. The van der Waals surface area contributed by atoms with E-state index >= 15 is 0 Å². The second-order valence-electron chi connectivity index (χ2n) is 16.2. The van der Waals surface area contributed by atoms with Crippen molar-refractivity contribution < 1.29 is 91.0 Å². The van der Waals surface area contributed by atoms with Crippen LogP contribution in [-0.2, 0) is 80.8 Å². The first kappa shape index (κ1) is 55.6. The minimum absolute atomic E-state index is 0.0177. The van der Waals surface area contributed by atoms with Gasteiger partial charge in [-0.05, 0) is 67.9 Å². The van der Waals surface area contributed by atoms with E-state index in [2.05, 4.69) is 0 Å². The van der Waals surface area contributed by atoms with Gasteiger partial charge in [0.1, 0.15) is 36.6 Å². The van der Waals surface area contributed by atoms with Crippen molar-refractivity contribution in [1.29, 1.82) is 0 Å². The highest BCUT2D eigenvalue weighted by molar-refractivity contribution is 8.13. The van der Waals surface area contributed by atoms with Crippen LogP contribution in [0.2, 0.25) is 0 Å². The molecular weight excluding hydrogens is 849 g/mol. The van der Waals surface area contributed by atoms with Gasteiger partial charge in [-0.2, -0.15) is 0 Å². The van der Waals surface area contributed by atoms with Crippen molar-refractivity contribution >= 4 is 45.7 Å². The fraction of sp³-hybridized carbons (Fsp3) is 0.900. The summed E-state index contributed by atoms with van der Waals surface area (Å²) in [4.78, 5) is 43.8. The topological polar surface area (TPSA) is 229 Å². The molecule has 4 rings (SSSR count). The maximum atomic E-state index is 12.2. The molecule has 0 saturated carbocycles. The van der Waals surface area contributed by atoms with Crippen molar-refractivity contribution in [3.8, 4) is 0 Å². The van der Waals surface area contributed by atoms with E-state index in [-0.39, 0.29) is 86.8 Å². The SMILES string of the molecule is CC1(C)OCC(OCC(O)COC2COC(C)(C)OC2)CO1.CSC(=O)CCC(=O)O.CSC(=O)CCC(=O)OC(COC1COC(C)(C)OC1)COC1COC(C)(C)OC1. The number of rotatable bonds is 19. The number of ether oxygens (including phenoxy) is 13. The molecule has 0 radical (unpaired) electrons. The van der Waals surface area contributed by atoms with Crippen molar-refractivity contribution in [2.45, 2.75) is 141 Å². The maximum absolute atomic E-state index is 12.2. The van der Waals surface area contributed by atoms with Crippen LogP contribution in [0, 0.1) is 0 Å². The van der Waals surface area contributed by atoms with Crippen LogP contribution < -0.4 is 0 Å². The molecule has 356 valence electrons. The molecule has 4 saturated heterocycles.